The van der Waals surface area contributed by atoms with Gasteiger partial charge in [-0.3, -0.25) is 34.7 Å². The van der Waals surface area contributed by atoms with Crippen LogP contribution in [0, 0.1) is 11.8 Å². The molecule has 15 heteroatoms. The van der Waals surface area contributed by atoms with E-state index >= 15 is 0 Å². The highest BCUT2D eigenvalue weighted by molar-refractivity contribution is 6.15. The minimum atomic E-state index is -0.645. The Balaban J connectivity index is 0.736. The van der Waals surface area contributed by atoms with Gasteiger partial charge in [-0.15, -0.1) is 0 Å². The monoisotopic (exact) mass is 846 g/mol. The van der Waals surface area contributed by atoms with Gasteiger partial charge in [0.25, 0.3) is 5.91 Å². The van der Waals surface area contributed by atoms with Gasteiger partial charge in [-0.05, 0) is 108 Å². The molecule has 2 aromatic carbocycles. The van der Waals surface area contributed by atoms with Gasteiger partial charge in [-0.1, -0.05) is 0 Å². The van der Waals surface area contributed by atoms with E-state index in [2.05, 4.69) is 71.7 Å². The molecule has 5 fully saturated rings. The zero-order valence-electron chi connectivity index (χ0n) is 36.8. The Morgan fingerprint density at radius 2 is 1.74 bits per heavy atom. The zero-order valence-corrected chi connectivity index (χ0v) is 36.8. The smallest absolute Gasteiger partial charge is 0.255 e. The molecule has 1 saturated carbocycles. The van der Waals surface area contributed by atoms with E-state index in [9.17, 15) is 14.4 Å². The maximum absolute atomic E-state index is 13.4. The van der Waals surface area contributed by atoms with E-state index in [1.807, 2.05) is 30.3 Å². The summed E-state index contributed by atoms with van der Waals surface area (Å²) in [7, 11) is 3.46. The Labute approximate surface area is 364 Å². The summed E-state index contributed by atoms with van der Waals surface area (Å²) < 4.78 is 12.2. The van der Waals surface area contributed by atoms with Crippen molar-refractivity contribution in [3.63, 3.8) is 0 Å². The number of methoxy groups -OCH3 is 1. The molecule has 2 N–H and O–H groups in total. The quantitative estimate of drug-likeness (QED) is 0.181. The van der Waals surface area contributed by atoms with Gasteiger partial charge < -0.3 is 29.1 Å². The summed E-state index contributed by atoms with van der Waals surface area (Å²) in [4.78, 5) is 58.6. The van der Waals surface area contributed by atoms with Crippen LogP contribution in [0.1, 0.15) is 86.8 Å². The van der Waals surface area contributed by atoms with Crippen molar-refractivity contribution >= 4 is 46.7 Å². The average Bonchev–Trinajstić information content (AvgIpc) is 3.70. The van der Waals surface area contributed by atoms with Crippen molar-refractivity contribution in [1.82, 2.24) is 35.1 Å². The first-order valence-corrected chi connectivity index (χ1v) is 22.7. The van der Waals surface area contributed by atoms with E-state index in [0.717, 1.165) is 148 Å². The number of ether oxygens (including phenoxy) is 2. The second-order valence-electron chi connectivity index (χ2n) is 18.6. The third-order valence-corrected chi connectivity index (χ3v) is 14.4. The first-order valence-electron chi connectivity index (χ1n) is 22.7. The topological polar surface area (TPSA) is 151 Å². The number of aliphatic imine (C=N–C) groups is 2. The molecule has 3 aromatic rings. The lowest BCUT2D eigenvalue weighted by Gasteiger charge is -2.44. The molecule has 4 saturated heterocycles. The molecule has 1 unspecified atom stereocenters. The Hall–Kier alpha value is -5.28. The van der Waals surface area contributed by atoms with Crippen LogP contribution in [0.15, 0.2) is 52.2 Å². The van der Waals surface area contributed by atoms with Crippen molar-refractivity contribution in [2.24, 2.45) is 21.8 Å². The number of piperidine rings is 3. The summed E-state index contributed by atoms with van der Waals surface area (Å²) in [5, 5.41) is 11.2. The second-order valence-corrected chi connectivity index (χ2v) is 18.6. The number of carbonyl (C=O) groups is 3. The molecule has 3 amide bonds. The lowest BCUT2D eigenvalue weighted by atomic mass is 9.93. The third kappa shape index (κ3) is 8.57. The lowest BCUT2D eigenvalue weighted by Crippen LogP contribution is -2.54. The van der Waals surface area contributed by atoms with Crippen molar-refractivity contribution < 1.29 is 23.9 Å². The Morgan fingerprint density at radius 3 is 2.44 bits per heavy atom. The number of nitrogens with zero attached hydrogens (tertiary/aromatic N) is 8. The molecule has 62 heavy (non-hydrogen) atoms. The standard InChI is InChI=1S/C47H62N10O5/c1-30-26-53(27-31-12-18-54(19-13-31)39-9-7-34-36(44(39)61-5)29-57(46(34)60)40-10-11-42(58)50-45(40)59)22-23-56(30)28-32-14-20-55(21-15-32)41(49-4)25-38(48-3)43-35-24-33(62-47(2)16-17-47)6-8-37(35)51-52-43/h6-9,24-25,30-32,40H,4,10-23,26-29H2,1-3,5H3,(H,51,52)(H,50,58,59)/b41-25+,48-38?/t30-,40?/m0/s1. The third-order valence-electron chi connectivity index (χ3n) is 14.4. The molecule has 1 aromatic heterocycles. The van der Waals surface area contributed by atoms with Gasteiger partial charge in [0.2, 0.25) is 11.8 Å². The number of aromatic amines is 1. The highest BCUT2D eigenvalue weighted by Gasteiger charge is 2.42. The number of amides is 3. The van der Waals surface area contributed by atoms with Crippen molar-refractivity contribution in [2.75, 3.05) is 78.0 Å². The first-order chi connectivity index (χ1) is 30.0. The molecule has 9 rings (SSSR count). The summed E-state index contributed by atoms with van der Waals surface area (Å²) in [6.45, 7) is 18.1. The number of hydrogen-bond donors (Lipinski definition) is 2. The SMILES string of the molecule is C=N/C(=C\C(=NC)c1n[nH]c2ccc(OC3(C)CC3)cc12)N1CCC(CN2CCN(CC3CCN(c4ccc5c(c4OC)CN(C4CCC(=O)NC4=O)C5=O)CC3)C[C@@H]2C)CC1. The molecular weight excluding hydrogens is 785 g/mol. The van der Waals surface area contributed by atoms with Crippen molar-refractivity contribution in [3.05, 3.63) is 59.0 Å². The van der Waals surface area contributed by atoms with E-state index in [4.69, 9.17) is 9.47 Å². The van der Waals surface area contributed by atoms with Gasteiger partial charge in [0, 0.05) is 101 Å². The summed E-state index contributed by atoms with van der Waals surface area (Å²) in [5.74, 6) is 2.83. The maximum atomic E-state index is 13.4. The van der Waals surface area contributed by atoms with E-state index in [1.165, 1.54) is 0 Å². The molecular formula is C47H62N10O5. The highest BCUT2D eigenvalue weighted by Crippen LogP contribution is 2.42. The number of hydrogen-bond acceptors (Lipinski definition) is 12. The maximum Gasteiger partial charge on any atom is 0.255 e. The molecule has 6 aliphatic rings. The van der Waals surface area contributed by atoms with E-state index in [-0.39, 0.29) is 23.8 Å². The van der Waals surface area contributed by atoms with Crippen LogP contribution in [-0.4, -0.2) is 151 Å². The zero-order chi connectivity index (χ0) is 43.1. The second kappa shape index (κ2) is 17.5. The minimum Gasteiger partial charge on any atom is -0.494 e. The fourth-order valence-corrected chi connectivity index (χ4v) is 10.4. The van der Waals surface area contributed by atoms with Crippen LogP contribution in [0.3, 0.4) is 0 Å². The fraction of sp³-hybridized carbons (Fsp3) is 0.574. The fourth-order valence-electron chi connectivity index (χ4n) is 10.4. The number of nitrogens with one attached hydrogen (secondary N) is 2. The van der Waals surface area contributed by atoms with Crippen LogP contribution in [-0.2, 0) is 16.1 Å². The summed E-state index contributed by atoms with van der Waals surface area (Å²) in [6, 6.07) is 9.85. The number of piperazine rings is 1. The number of aromatic nitrogens is 2. The van der Waals surface area contributed by atoms with Crippen molar-refractivity contribution in [2.45, 2.75) is 89.4 Å². The molecule has 0 radical (unpaired) electrons. The number of rotatable bonds is 13. The Kier molecular flexibility index (Phi) is 11.8. The molecule has 15 nitrogen and oxygen atoms in total. The largest absolute Gasteiger partial charge is 0.494 e. The summed E-state index contributed by atoms with van der Waals surface area (Å²) >= 11 is 0. The summed E-state index contributed by atoms with van der Waals surface area (Å²) in [6.07, 6.45) is 9.20. The van der Waals surface area contributed by atoms with Crippen LogP contribution < -0.4 is 19.7 Å². The average molecular weight is 847 g/mol. The van der Waals surface area contributed by atoms with Crippen LogP contribution in [0.5, 0.6) is 11.5 Å². The van der Waals surface area contributed by atoms with E-state index in [0.29, 0.717) is 36.4 Å². The minimum absolute atomic E-state index is 0.0546. The molecule has 1 aliphatic carbocycles. The van der Waals surface area contributed by atoms with E-state index < -0.39 is 11.9 Å². The highest BCUT2D eigenvalue weighted by atomic mass is 16.5. The van der Waals surface area contributed by atoms with Gasteiger partial charge in [-0.25, -0.2) is 4.99 Å². The van der Waals surface area contributed by atoms with Gasteiger partial charge >= 0.3 is 0 Å². The lowest BCUT2D eigenvalue weighted by molar-refractivity contribution is -0.136. The molecule has 5 aliphatic heterocycles. The number of anilines is 1. The molecule has 0 bridgehead atoms. The number of benzene rings is 2. The number of allylic oxidation sites excluding steroid dienone is 1. The van der Waals surface area contributed by atoms with Crippen LogP contribution in [0.2, 0.25) is 0 Å². The van der Waals surface area contributed by atoms with Crippen LogP contribution in [0.25, 0.3) is 10.9 Å². The van der Waals surface area contributed by atoms with E-state index in [1.54, 1.807) is 19.1 Å². The predicted molar refractivity (Wildman–Crippen MR) is 240 cm³/mol. The Bertz CT molecular complexity index is 2270. The number of H-pyrrole nitrogens is 1. The molecule has 6 heterocycles. The Morgan fingerprint density at radius 1 is 0.984 bits per heavy atom. The number of likely N-dealkylation sites (tertiary alicyclic amines) is 1. The van der Waals surface area contributed by atoms with Gasteiger partial charge in [-0.2, -0.15) is 5.10 Å². The van der Waals surface area contributed by atoms with Crippen molar-refractivity contribution in [1.29, 1.82) is 0 Å². The van der Waals surface area contributed by atoms with Gasteiger partial charge in [0.05, 0.1) is 30.6 Å². The number of fused-ring (bicyclic) bond motifs is 2. The predicted octanol–water partition coefficient (Wildman–Crippen LogP) is 4.86. The summed E-state index contributed by atoms with van der Waals surface area (Å²) in [5.41, 5.74) is 4.87. The number of imide groups is 1. The van der Waals surface area contributed by atoms with Gasteiger partial charge in [0.1, 0.15) is 34.7 Å². The van der Waals surface area contributed by atoms with Crippen molar-refractivity contribution in [3.8, 4) is 11.5 Å². The molecule has 2 atom stereocenters. The molecule has 0 spiro atoms. The molecule has 330 valence electrons. The van der Waals surface area contributed by atoms with Crippen LogP contribution >= 0.6 is 0 Å². The number of carbonyl (C=O) groups excluding carboxylic acids is 3. The van der Waals surface area contributed by atoms with Crippen LogP contribution in [0.4, 0.5) is 5.69 Å². The first kappa shape index (κ1) is 42.0. The normalized spacial score (nSPS) is 24.5. The van der Waals surface area contributed by atoms with Gasteiger partial charge in [0.15, 0.2) is 0 Å².